The maximum absolute atomic E-state index is 4.98. The summed E-state index contributed by atoms with van der Waals surface area (Å²) in [5.41, 5.74) is 7.46. The van der Waals surface area contributed by atoms with Gasteiger partial charge in [0.05, 0.1) is 0 Å². The minimum absolute atomic E-state index is 0.598. The fourth-order valence-electron chi connectivity index (χ4n) is 5.70. The first-order chi connectivity index (χ1) is 21.2. The molecule has 43 heavy (non-hydrogen) atoms. The summed E-state index contributed by atoms with van der Waals surface area (Å²) in [7, 11) is 0. The zero-order valence-corrected chi connectivity index (χ0v) is 24.1. The van der Waals surface area contributed by atoms with Crippen LogP contribution in [-0.2, 0) is 0 Å². The predicted molar refractivity (Wildman–Crippen MR) is 176 cm³/mol. The molecule has 0 aliphatic heterocycles. The summed E-state index contributed by atoms with van der Waals surface area (Å²) in [5, 5.41) is 5.01. The summed E-state index contributed by atoms with van der Waals surface area (Å²) in [6.45, 7) is 4.40. The summed E-state index contributed by atoms with van der Waals surface area (Å²) in [5.74, 6) is 1.81. The number of hydrogen-bond donors (Lipinski definition) is 0. The van der Waals surface area contributed by atoms with Crippen LogP contribution in [0.3, 0.4) is 0 Å². The van der Waals surface area contributed by atoms with E-state index in [1.54, 1.807) is 24.8 Å². The Bertz CT molecular complexity index is 2060. The van der Waals surface area contributed by atoms with Crippen LogP contribution in [0.1, 0.15) is 24.5 Å². The van der Waals surface area contributed by atoms with Crippen LogP contribution < -0.4 is 0 Å². The van der Waals surface area contributed by atoms with E-state index in [4.69, 9.17) is 15.0 Å². The first-order valence-electron chi connectivity index (χ1n) is 14.5. The number of fused-ring (bicyclic) bond motifs is 3. The van der Waals surface area contributed by atoms with Crippen LogP contribution in [0.15, 0.2) is 122 Å². The summed E-state index contributed by atoms with van der Waals surface area (Å²) < 4.78 is 0. The van der Waals surface area contributed by atoms with Gasteiger partial charge in [-0.05, 0) is 87.5 Å². The molecule has 4 aromatic carbocycles. The molecule has 0 N–H and O–H groups in total. The van der Waals surface area contributed by atoms with Crippen molar-refractivity contribution in [3.05, 3.63) is 133 Å². The molecular weight excluding hydrogens is 526 g/mol. The van der Waals surface area contributed by atoms with Gasteiger partial charge in [0, 0.05) is 41.5 Å². The molecule has 5 heteroatoms. The van der Waals surface area contributed by atoms with Gasteiger partial charge in [0.15, 0.2) is 17.5 Å². The molecule has 0 unspecified atom stereocenters. The van der Waals surface area contributed by atoms with Gasteiger partial charge in [0.2, 0.25) is 0 Å². The molecule has 0 saturated carbocycles. The highest BCUT2D eigenvalue weighted by Crippen LogP contribution is 2.38. The highest BCUT2D eigenvalue weighted by atomic mass is 15.0. The number of hydrogen-bond acceptors (Lipinski definition) is 5. The average molecular weight is 556 g/mol. The van der Waals surface area contributed by atoms with Crippen LogP contribution >= 0.6 is 0 Å². The lowest BCUT2D eigenvalue weighted by atomic mass is 9.89. The van der Waals surface area contributed by atoms with Crippen LogP contribution in [0.4, 0.5) is 0 Å². The molecule has 3 aromatic heterocycles. The third-order valence-electron chi connectivity index (χ3n) is 7.85. The molecule has 0 aliphatic rings. The summed E-state index contributed by atoms with van der Waals surface area (Å²) in [4.78, 5) is 23.2. The number of nitrogens with zero attached hydrogens (tertiary/aromatic N) is 5. The molecule has 5 nitrogen and oxygen atoms in total. The number of rotatable bonds is 6. The maximum Gasteiger partial charge on any atom is 0.164 e. The van der Waals surface area contributed by atoms with E-state index in [2.05, 4.69) is 96.6 Å². The fraction of sp³-hybridized carbons (Fsp3) is 0.0789. The SMILES string of the molecule is CC/C=C\c1c(C)c2ccccc2c2cc(-c3ccccc3-c3nc(-c4ccncc4)nc(-c4ccncc4)n3)ccc12. The topological polar surface area (TPSA) is 64.5 Å². The molecule has 0 atom stereocenters. The highest BCUT2D eigenvalue weighted by Gasteiger charge is 2.17. The van der Waals surface area contributed by atoms with Crippen molar-refractivity contribution in [1.29, 1.82) is 0 Å². The van der Waals surface area contributed by atoms with Gasteiger partial charge < -0.3 is 0 Å². The van der Waals surface area contributed by atoms with Crippen LogP contribution in [0.5, 0.6) is 0 Å². The van der Waals surface area contributed by atoms with Crippen molar-refractivity contribution in [2.75, 3.05) is 0 Å². The molecule has 3 heterocycles. The Labute approximate surface area is 250 Å². The molecule has 0 bridgehead atoms. The monoisotopic (exact) mass is 555 g/mol. The Hall–Kier alpha value is -5.55. The molecule has 7 rings (SSSR count). The van der Waals surface area contributed by atoms with Gasteiger partial charge in [-0.2, -0.15) is 0 Å². The Morgan fingerprint density at radius 3 is 1.77 bits per heavy atom. The molecule has 0 fully saturated rings. The van der Waals surface area contributed by atoms with Crippen molar-refractivity contribution >= 4 is 27.6 Å². The number of pyridine rings is 2. The number of aryl methyl sites for hydroxylation is 1. The maximum atomic E-state index is 4.98. The van der Waals surface area contributed by atoms with E-state index in [1.807, 2.05) is 30.3 Å². The standard InChI is InChI=1S/C38H29N5/c1-3-4-9-29-25(2)30-10-5-7-12-32(30)35-24-28(14-15-33(29)35)31-11-6-8-13-34(31)38-42-36(26-16-20-39-21-17-26)41-37(43-38)27-18-22-40-23-19-27/h4-24H,3H2,1-2H3/b9-4-. The molecule has 0 aliphatic carbocycles. The minimum atomic E-state index is 0.598. The zero-order chi connectivity index (χ0) is 29.2. The van der Waals surface area contributed by atoms with Crippen molar-refractivity contribution in [2.45, 2.75) is 20.3 Å². The normalized spacial score (nSPS) is 11.5. The quantitative estimate of drug-likeness (QED) is 0.191. The van der Waals surface area contributed by atoms with Crippen LogP contribution in [-0.4, -0.2) is 24.9 Å². The van der Waals surface area contributed by atoms with Crippen molar-refractivity contribution < 1.29 is 0 Å². The van der Waals surface area contributed by atoms with E-state index in [9.17, 15) is 0 Å². The Morgan fingerprint density at radius 1 is 0.535 bits per heavy atom. The van der Waals surface area contributed by atoms with Crippen molar-refractivity contribution in [3.63, 3.8) is 0 Å². The molecule has 0 amide bonds. The highest BCUT2D eigenvalue weighted by molar-refractivity contribution is 6.13. The largest absolute Gasteiger partial charge is 0.265 e. The second-order valence-corrected chi connectivity index (χ2v) is 10.5. The lowest BCUT2D eigenvalue weighted by molar-refractivity contribution is 1.07. The van der Waals surface area contributed by atoms with Crippen LogP contribution in [0, 0.1) is 6.92 Å². The van der Waals surface area contributed by atoms with Crippen molar-refractivity contribution in [3.8, 4) is 45.3 Å². The van der Waals surface area contributed by atoms with Gasteiger partial charge in [-0.25, -0.2) is 15.0 Å². The Balaban J connectivity index is 1.45. The van der Waals surface area contributed by atoms with E-state index in [1.165, 1.54) is 32.7 Å². The number of benzene rings is 4. The second kappa shape index (κ2) is 11.4. The van der Waals surface area contributed by atoms with Crippen LogP contribution in [0.2, 0.25) is 0 Å². The third-order valence-corrected chi connectivity index (χ3v) is 7.85. The number of allylic oxidation sites excluding steroid dienone is 1. The first-order valence-corrected chi connectivity index (χ1v) is 14.5. The van der Waals surface area contributed by atoms with E-state index in [0.29, 0.717) is 17.5 Å². The molecule has 0 spiro atoms. The fourth-order valence-corrected chi connectivity index (χ4v) is 5.70. The van der Waals surface area contributed by atoms with E-state index in [-0.39, 0.29) is 0 Å². The van der Waals surface area contributed by atoms with Crippen LogP contribution in [0.25, 0.3) is 72.9 Å². The van der Waals surface area contributed by atoms with Gasteiger partial charge in [-0.15, -0.1) is 0 Å². The molecule has 0 radical (unpaired) electrons. The first kappa shape index (κ1) is 26.4. The number of aromatic nitrogens is 5. The van der Waals surface area contributed by atoms with Gasteiger partial charge in [0.1, 0.15) is 0 Å². The third kappa shape index (κ3) is 4.95. The smallest absolute Gasteiger partial charge is 0.164 e. The lowest BCUT2D eigenvalue weighted by Gasteiger charge is -2.16. The zero-order valence-electron chi connectivity index (χ0n) is 24.1. The van der Waals surface area contributed by atoms with E-state index >= 15 is 0 Å². The molecular formula is C38H29N5. The molecule has 7 aromatic rings. The van der Waals surface area contributed by atoms with Crippen molar-refractivity contribution in [2.24, 2.45) is 0 Å². The second-order valence-electron chi connectivity index (χ2n) is 10.5. The minimum Gasteiger partial charge on any atom is -0.265 e. The summed E-state index contributed by atoms with van der Waals surface area (Å²) >= 11 is 0. The van der Waals surface area contributed by atoms with E-state index in [0.717, 1.165) is 34.2 Å². The van der Waals surface area contributed by atoms with Gasteiger partial charge in [0.25, 0.3) is 0 Å². The Kier molecular flexibility index (Phi) is 6.97. The lowest BCUT2D eigenvalue weighted by Crippen LogP contribution is -2.01. The predicted octanol–water partition coefficient (Wildman–Crippen LogP) is 9.37. The molecule has 0 saturated heterocycles. The van der Waals surface area contributed by atoms with E-state index < -0.39 is 0 Å². The molecule has 206 valence electrons. The summed E-state index contributed by atoms with van der Waals surface area (Å²) in [6.07, 6.45) is 12.5. The van der Waals surface area contributed by atoms with Crippen molar-refractivity contribution in [1.82, 2.24) is 24.9 Å². The van der Waals surface area contributed by atoms with Gasteiger partial charge in [-0.3, -0.25) is 9.97 Å². The van der Waals surface area contributed by atoms with Gasteiger partial charge in [-0.1, -0.05) is 79.7 Å². The average Bonchev–Trinajstić information content (AvgIpc) is 3.09. The van der Waals surface area contributed by atoms with Gasteiger partial charge >= 0.3 is 0 Å². The Morgan fingerprint density at radius 2 is 1.12 bits per heavy atom. The summed E-state index contributed by atoms with van der Waals surface area (Å²) in [6, 6.07) is 31.5.